The first-order chi connectivity index (χ1) is 16.9. The number of anilines is 1. The van der Waals surface area contributed by atoms with Gasteiger partial charge in [-0.1, -0.05) is 23.7 Å². The predicted octanol–water partition coefficient (Wildman–Crippen LogP) is 5.38. The Morgan fingerprint density at radius 1 is 1.03 bits per heavy atom. The van der Waals surface area contributed by atoms with Crippen LogP contribution in [0.25, 0.3) is 11.0 Å². The Labute approximate surface area is 205 Å². The maximum Gasteiger partial charge on any atom is 0.337 e. The molecule has 1 aliphatic heterocycles. The maximum atomic E-state index is 13.6. The van der Waals surface area contributed by atoms with Crippen molar-refractivity contribution in [3.63, 3.8) is 0 Å². The number of fused-ring (bicyclic) bond motifs is 2. The number of amides is 1. The summed E-state index contributed by atoms with van der Waals surface area (Å²) >= 11 is 6.14. The fraction of sp³-hybridized carbons (Fsp3) is 0.148. The lowest BCUT2D eigenvalue weighted by Gasteiger charge is -2.25. The summed E-state index contributed by atoms with van der Waals surface area (Å²) in [5, 5.41) is 0.671. The number of ether oxygens (including phenoxy) is 2. The lowest BCUT2D eigenvalue weighted by Crippen LogP contribution is -2.29. The summed E-state index contributed by atoms with van der Waals surface area (Å²) in [5.41, 5.74) is 1.70. The zero-order chi connectivity index (χ0) is 24.7. The van der Waals surface area contributed by atoms with Crippen molar-refractivity contribution in [2.24, 2.45) is 0 Å². The van der Waals surface area contributed by atoms with Crippen LogP contribution in [0.5, 0.6) is 5.75 Å². The van der Waals surface area contributed by atoms with E-state index in [4.69, 9.17) is 25.5 Å². The van der Waals surface area contributed by atoms with E-state index in [0.29, 0.717) is 34.2 Å². The number of methoxy groups -OCH3 is 1. The zero-order valence-electron chi connectivity index (χ0n) is 18.9. The third-order valence-corrected chi connectivity index (χ3v) is 6.14. The molecule has 0 bridgehead atoms. The molecule has 1 unspecified atom stereocenters. The first-order valence-corrected chi connectivity index (χ1v) is 11.3. The van der Waals surface area contributed by atoms with Gasteiger partial charge in [-0.3, -0.25) is 14.5 Å². The van der Waals surface area contributed by atoms with Crippen molar-refractivity contribution < 1.29 is 23.5 Å². The van der Waals surface area contributed by atoms with Crippen LogP contribution >= 0.6 is 11.6 Å². The minimum absolute atomic E-state index is 0.0271. The molecule has 0 fully saturated rings. The van der Waals surface area contributed by atoms with E-state index in [1.165, 1.54) is 18.1 Å². The number of carbonyl (C=O) groups is 2. The molecule has 0 N–H and O–H groups in total. The standard InChI is InChI=1S/C27H20ClNO6/c1-3-34-19-11-9-18(10-12-19)29-23(15-4-6-16(7-5-15)27(32)33-2)22-24(30)20-14-17(28)8-13-21(20)35-25(22)26(29)31/h4-14,23H,3H2,1-2H3. The van der Waals surface area contributed by atoms with E-state index >= 15 is 0 Å². The molecule has 176 valence electrons. The minimum atomic E-state index is -0.776. The highest BCUT2D eigenvalue weighted by Gasteiger charge is 2.43. The molecule has 0 aliphatic carbocycles. The van der Waals surface area contributed by atoms with Crippen LogP contribution in [0.2, 0.25) is 5.02 Å². The molecule has 0 radical (unpaired) electrons. The number of hydrogen-bond acceptors (Lipinski definition) is 6. The van der Waals surface area contributed by atoms with Gasteiger partial charge in [0.25, 0.3) is 5.91 Å². The van der Waals surface area contributed by atoms with Gasteiger partial charge in [-0.2, -0.15) is 0 Å². The third-order valence-electron chi connectivity index (χ3n) is 5.91. The van der Waals surface area contributed by atoms with Gasteiger partial charge in [-0.05, 0) is 67.1 Å². The van der Waals surface area contributed by atoms with E-state index < -0.39 is 17.9 Å². The smallest absolute Gasteiger partial charge is 0.337 e. The largest absolute Gasteiger partial charge is 0.494 e. The molecular weight excluding hydrogens is 470 g/mol. The van der Waals surface area contributed by atoms with Gasteiger partial charge in [-0.15, -0.1) is 0 Å². The van der Waals surface area contributed by atoms with Crippen molar-refractivity contribution in [3.8, 4) is 5.75 Å². The Morgan fingerprint density at radius 3 is 2.40 bits per heavy atom. The van der Waals surface area contributed by atoms with E-state index in [1.807, 2.05) is 6.92 Å². The number of hydrogen-bond donors (Lipinski definition) is 0. The van der Waals surface area contributed by atoms with Gasteiger partial charge >= 0.3 is 5.97 Å². The Bertz CT molecular complexity index is 1510. The molecule has 0 saturated heterocycles. The second-order valence-corrected chi connectivity index (χ2v) is 8.37. The molecule has 8 heteroatoms. The Balaban J connectivity index is 1.71. The Morgan fingerprint density at radius 2 is 1.74 bits per heavy atom. The second kappa shape index (κ2) is 8.92. The first kappa shape index (κ1) is 22.7. The van der Waals surface area contributed by atoms with Crippen molar-refractivity contribution in [2.75, 3.05) is 18.6 Å². The van der Waals surface area contributed by atoms with Crippen molar-refractivity contribution in [2.45, 2.75) is 13.0 Å². The van der Waals surface area contributed by atoms with E-state index in [-0.39, 0.29) is 27.7 Å². The summed E-state index contributed by atoms with van der Waals surface area (Å²) in [6.07, 6.45) is 0. The quantitative estimate of drug-likeness (QED) is 0.350. The summed E-state index contributed by atoms with van der Waals surface area (Å²) in [6, 6.07) is 17.6. The van der Waals surface area contributed by atoms with Crippen molar-refractivity contribution >= 4 is 40.1 Å². The molecule has 35 heavy (non-hydrogen) atoms. The van der Waals surface area contributed by atoms with Gasteiger partial charge < -0.3 is 13.9 Å². The van der Waals surface area contributed by atoms with Crippen molar-refractivity contribution in [1.29, 1.82) is 0 Å². The number of carbonyl (C=O) groups excluding carboxylic acids is 2. The molecule has 0 spiro atoms. The van der Waals surface area contributed by atoms with Crippen LogP contribution in [0.1, 0.15) is 45.0 Å². The van der Waals surface area contributed by atoms with Gasteiger partial charge in [0.05, 0.1) is 36.3 Å². The van der Waals surface area contributed by atoms with Gasteiger partial charge in [0.1, 0.15) is 11.3 Å². The zero-order valence-corrected chi connectivity index (χ0v) is 19.7. The number of nitrogens with zero attached hydrogens (tertiary/aromatic N) is 1. The van der Waals surface area contributed by atoms with Crippen LogP contribution in [0.3, 0.4) is 0 Å². The maximum absolute atomic E-state index is 13.6. The monoisotopic (exact) mass is 489 g/mol. The van der Waals surface area contributed by atoms with E-state index in [9.17, 15) is 14.4 Å². The van der Waals surface area contributed by atoms with E-state index in [0.717, 1.165) is 0 Å². The van der Waals surface area contributed by atoms with Crippen LogP contribution in [0.15, 0.2) is 75.9 Å². The van der Waals surface area contributed by atoms with Gasteiger partial charge in [0.15, 0.2) is 5.43 Å². The topological polar surface area (TPSA) is 86.0 Å². The molecule has 2 heterocycles. The number of rotatable bonds is 5. The van der Waals surface area contributed by atoms with Crippen LogP contribution in [-0.2, 0) is 4.74 Å². The average molecular weight is 490 g/mol. The number of halogens is 1. The van der Waals surface area contributed by atoms with Gasteiger partial charge in [0.2, 0.25) is 5.76 Å². The third kappa shape index (κ3) is 3.84. The molecular formula is C27H20ClNO6. The van der Waals surface area contributed by atoms with Crippen LogP contribution in [-0.4, -0.2) is 25.6 Å². The van der Waals surface area contributed by atoms with Crippen molar-refractivity contribution in [1.82, 2.24) is 0 Å². The second-order valence-electron chi connectivity index (χ2n) is 7.93. The lowest BCUT2D eigenvalue weighted by molar-refractivity contribution is 0.0600. The lowest BCUT2D eigenvalue weighted by atomic mass is 9.97. The highest BCUT2D eigenvalue weighted by molar-refractivity contribution is 6.31. The molecule has 0 saturated carbocycles. The number of esters is 1. The summed E-state index contributed by atoms with van der Waals surface area (Å²) in [4.78, 5) is 40.7. The van der Waals surface area contributed by atoms with E-state index in [2.05, 4.69) is 0 Å². The molecule has 1 aromatic heterocycles. The summed E-state index contributed by atoms with van der Waals surface area (Å²) in [5.74, 6) is -0.294. The summed E-state index contributed by atoms with van der Waals surface area (Å²) < 4.78 is 16.3. The molecule has 5 rings (SSSR count). The van der Waals surface area contributed by atoms with Crippen molar-refractivity contribution in [3.05, 3.63) is 104 Å². The average Bonchev–Trinajstić information content (AvgIpc) is 3.17. The SMILES string of the molecule is CCOc1ccc(N2C(=O)c3oc4ccc(Cl)cc4c(=O)c3C2c2ccc(C(=O)OC)cc2)cc1. The highest BCUT2D eigenvalue weighted by Crippen LogP contribution is 2.41. The molecule has 3 aromatic carbocycles. The fourth-order valence-electron chi connectivity index (χ4n) is 4.32. The van der Waals surface area contributed by atoms with Gasteiger partial charge in [0, 0.05) is 10.7 Å². The highest BCUT2D eigenvalue weighted by atomic mass is 35.5. The molecule has 1 amide bonds. The Hall–Kier alpha value is -4.10. The normalized spacial score (nSPS) is 14.8. The van der Waals surface area contributed by atoms with Crippen LogP contribution < -0.4 is 15.1 Å². The number of benzene rings is 3. The fourth-order valence-corrected chi connectivity index (χ4v) is 4.49. The van der Waals surface area contributed by atoms with Crippen LogP contribution in [0, 0.1) is 0 Å². The molecule has 4 aromatic rings. The van der Waals surface area contributed by atoms with E-state index in [1.54, 1.807) is 60.7 Å². The summed E-state index contributed by atoms with van der Waals surface area (Å²) in [7, 11) is 1.30. The van der Waals surface area contributed by atoms with Crippen LogP contribution in [0.4, 0.5) is 5.69 Å². The predicted molar refractivity (Wildman–Crippen MR) is 132 cm³/mol. The minimum Gasteiger partial charge on any atom is -0.494 e. The summed E-state index contributed by atoms with van der Waals surface area (Å²) in [6.45, 7) is 2.40. The molecule has 1 aliphatic rings. The van der Waals surface area contributed by atoms with Gasteiger partial charge in [-0.25, -0.2) is 4.79 Å². The molecule has 7 nitrogen and oxygen atoms in total. The molecule has 1 atom stereocenters. The Kier molecular flexibility index (Phi) is 5.78. The first-order valence-electron chi connectivity index (χ1n) is 10.9.